The van der Waals surface area contributed by atoms with Crippen molar-refractivity contribution in [3.63, 3.8) is 0 Å². The largest absolute Gasteiger partial charge is 0.351 e. The van der Waals surface area contributed by atoms with Crippen molar-refractivity contribution in [2.45, 2.75) is 12.1 Å². The van der Waals surface area contributed by atoms with Crippen molar-refractivity contribution in [2.75, 3.05) is 20.1 Å². The minimum atomic E-state index is 0.145. The van der Waals surface area contributed by atoms with E-state index < -0.39 is 0 Å². The number of fused-ring (bicyclic) bond motifs is 1. The Hall–Kier alpha value is -1.47. The number of aryl methyl sites for hydroxylation is 1. The van der Waals surface area contributed by atoms with Gasteiger partial charge < -0.3 is 10.1 Å². The SMILES string of the molecule is CN1C(c2cn(C)nn2)=NC2CN(O)CC21. The van der Waals surface area contributed by atoms with E-state index in [1.165, 1.54) is 5.06 Å². The van der Waals surface area contributed by atoms with Crippen LogP contribution in [0.3, 0.4) is 0 Å². The molecule has 1 aromatic rings. The molecule has 0 bridgehead atoms. The molecule has 0 spiro atoms. The molecule has 7 heteroatoms. The van der Waals surface area contributed by atoms with Crippen molar-refractivity contribution in [2.24, 2.45) is 12.0 Å². The van der Waals surface area contributed by atoms with E-state index in [-0.39, 0.29) is 12.1 Å². The van der Waals surface area contributed by atoms with Crippen LogP contribution in [-0.2, 0) is 7.05 Å². The highest BCUT2D eigenvalue weighted by Gasteiger charge is 2.41. The second-order valence-corrected chi connectivity index (χ2v) is 4.35. The van der Waals surface area contributed by atoms with Gasteiger partial charge in [-0.3, -0.25) is 9.67 Å². The van der Waals surface area contributed by atoms with Crippen LogP contribution in [0.2, 0.25) is 0 Å². The first-order chi connectivity index (χ1) is 7.65. The average molecular weight is 222 g/mol. The predicted molar refractivity (Wildman–Crippen MR) is 56.2 cm³/mol. The Morgan fingerprint density at radius 2 is 2.19 bits per heavy atom. The second-order valence-electron chi connectivity index (χ2n) is 4.35. The Labute approximate surface area is 92.9 Å². The van der Waals surface area contributed by atoms with Gasteiger partial charge in [-0.25, -0.2) is 0 Å². The Bertz CT molecular complexity index is 441. The summed E-state index contributed by atoms with van der Waals surface area (Å²) in [7, 11) is 3.82. The molecule has 3 rings (SSSR count). The number of hydroxylamine groups is 2. The molecular formula is C9H14N6O. The number of rotatable bonds is 1. The van der Waals surface area contributed by atoms with E-state index in [4.69, 9.17) is 0 Å². The first-order valence-corrected chi connectivity index (χ1v) is 5.26. The van der Waals surface area contributed by atoms with Crippen LogP contribution in [0.15, 0.2) is 11.2 Å². The first kappa shape index (κ1) is 9.73. The highest BCUT2D eigenvalue weighted by molar-refractivity contribution is 5.98. The number of amidine groups is 1. The van der Waals surface area contributed by atoms with Gasteiger partial charge in [0.25, 0.3) is 0 Å². The van der Waals surface area contributed by atoms with Crippen LogP contribution in [0.25, 0.3) is 0 Å². The van der Waals surface area contributed by atoms with Crippen LogP contribution in [0, 0.1) is 0 Å². The number of hydrogen-bond acceptors (Lipinski definition) is 6. The standard InChI is InChI=1S/C9H14N6O/c1-13-3-7(11-12-13)9-10-6-4-15(16)5-8(6)14(9)2/h3,6,8,16H,4-5H2,1-2H3. The molecule has 0 amide bonds. The molecule has 0 radical (unpaired) electrons. The van der Waals surface area contributed by atoms with E-state index in [9.17, 15) is 5.21 Å². The maximum atomic E-state index is 9.42. The fourth-order valence-electron chi connectivity index (χ4n) is 2.36. The normalized spacial score (nSPS) is 29.7. The number of aromatic nitrogens is 3. The molecule has 1 saturated heterocycles. The topological polar surface area (TPSA) is 69.8 Å². The summed E-state index contributed by atoms with van der Waals surface area (Å²) in [5, 5.41) is 18.7. The summed E-state index contributed by atoms with van der Waals surface area (Å²) in [6.45, 7) is 1.23. The van der Waals surface area contributed by atoms with E-state index in [0.29, 0.717) is 13.1 Å². The highest BCUT2D eigenvalue weighted by Crippen LogP contribution is 2.25. The van der Waals surface area contributed by atoms with Gasteiger partial charge in [-0.1, -0.05) is 5.21 Å². The third kappa shape index (κ3) is 1.32. The molecule has 86 valence electrons. The van der Waals surface area contributed by atoms with Crippen molar-refractivity contribution in [3.05, 3.63) is 11.9 Å². The lowest BCUT2D eigenvalue weighted by atomic mass is 10.2. The van der Waals surface area contributed by atoms with Gasteiger partial charge in [0.2, 0.25) is 0 Å². The van der Waals surface area contributed by atoms with E-state index in [2.05, 4.69) is 20.2 Å². The number of nitrogens with zero attached hydrogens (tertiary/aromatic N) is 6. The third-order valence-corrected chi connectivity index (χ3v) is 3.19. The molecule has 0 aromatic carbocycles. The van der Waals surface area contributed by atoms with Gasteiger partial charge >= 0.3 is 0 Å². The van der Waals surface area contributed by atoms with E-state index in [1.54, 1.807) is 4.68 Å². The molecule has 1 fully saturated rings. The summed E-state index contributed by atoms with van der Waals surface area (Å²) >= 11 is 0. The van der Waals surface area contributed by atoms with Crippen LogP contribution < -0.4 is 0 Å². The van der Waals surface area contributed by atoms with Gasteiger partial charge in [0.1, 0.15) is 5.69 Å². The molecule has 2 atom stereocenters. The zero-order valence-electron chi connectivity index (χ0n) is 9.28. The summed E-state index contributed by atoms with van der Waals surface area (Å²) in [6, 6.07) is 0.397. The fraction of sp³-hybridized carbons (Fsp3) is 0.667. The van der Waals surface area contributed by atoms with Gasteiger partial charge in [0, 0.05) is 27.2 Å². The monoisotopic (exact) mass is 222 g/mol. The maximum absolute atomic E-state index is 9.42. The summed E-state index contributed by atoms with van der Waals surface area (Å²) in [5.74, 6) is 0.871. The van der Waals surface area contributed by atoms with Crippen LogP contribution in [0.1, 0.15) is 5.69 Å². The quantitative estimate of drug-likeness (QED) is 0.656. The zero-order valence-corrected chi connectivity index (χ0v) is 9.28. The van der Waals surface area contributed by atoms with Crippen molar-refractivity contribution < 1.29 is 5.21 Å². The number of likely N-dealkylation sites (N-methyl/N-ethyl adjacent to an activating group) is 1. The minimum absolute atomic E-state index is 0.145. The van der Waals surface area contributed by atoms with Gasteiger partial charge in [0.15, 0.2) is 5.84 Å². The summed E-state index contributed by atoms with van der Waals surface area (Å²) in [4.78, 5) is 6.66. The molecule has 0 aliphatic carbocycles. The highest BCUT2D eigenvalue weighted by atomic mass is 16.5. The maximum Gasteiger partial charge on any atom is 0.154 e. The lowest BCUT2D eigenvalue weighted by molar-refractivity contribution is -0.0724. The van der Waals surface area contributed by atoms with E-state index >= 15 is 0 Å². The molecule has 16 heavy (non-hydrogen) atoms. The predicted octanol–water partition coefficient (Wildman–Crippen LogP) is -1.05. The molecule has 3 heterocycles. The Balaban J connectivity index is 1.90. The van der Waals surface area contributed by atoms with Gasteiger partial charge in [-0.15, -0.1) is 5.10 Å². The smallest absolute Gasteiger partial charge is 0.154 e. The second kappa shape index (κ2) is 3.26. The average Bonchev–Trinajstić information content (AvgIpc) is 2.85. The Kier molecular flexibility index (Phi) is 1.98. The van der Waals surface area contributed by atoms with Crippen molar-refractivity contribution in [3.8, 4) is 0 Å². The Morgan fingerprint density at radius 3 is 2.81 bits per heavy atom. The van der Waals surface area contributed by atoms with E-state index in [1.807, 2.05) is 20.3 Å². The molecule has 7 nitrogen and oxygen atoms in total. The van der Waals surface area contributed by atoms with Gasteiger partial charge in [0.05, 0.1) is 18.3 Å². The number of aliphatic imine (C=N–C) groups is 1. The lowest BCUT2D eigenvalue weighted by Gasteiger charge is -2.20. The molecule has 0 saturated carbocycles. The lowest BCUT2D eigenvalue weighted by Crippen LogP contribution is -2.37. The van der Waals surface area contributed by atoms with Crippen LogP contribution >= 0.6 is 0 Å². The molecular weight excluding hydrogens is 208 g/mol. The van der Waals surface area contributed by atoms with Crippen LogP contribution in [-0.4, -0.2) is 68.2 Å². The van der Waals surface area contributed by atoms with E-state index in [0.717, 1.165) is 11.5 Å². The third-order valence-electron chi connectivity index (χ3n) is 3.19. The molecule has 1 aromatic heterocycles. The molecule has 2 aliphatic rings. The number of hydrogen-bond donors (Lipinski definition) is 1. The molecule has 2 aliphatic heterocycles. The van der Waals surface area contributed by atoms with Crippen molar-refractivity contribution >= 4 is 5.84 Å². The summed E-state index contributed by atoms with van der Waals surface area (Å²) in [6.07, 6.45) is 1.85. The zero-order chi connectivity index (χ0) is 11.3. The van der Waals surface area contributed by atoms with Gasteiger partial charge in [-0.05, 0) is 0 Å². The minimum Gasteiger partial charge on any atom is -0.351 e. The summed E-state index contributed by atoms with van der Waals surface area (Å²) < 4.78 is 1.66. The summed E-state index contributed by atoms with van der Waals surface area (Å²) in [5.41, 5.74) is 0.795. The van der Waals surface area contributed by atoms with Crippen LogP contribution in [0.5, 0.6) is 0 Å². The molecule has 1 N–H and O–H groups in total. The first-order valence-electron chi connectivity index (χ1n) is 5.26. The van der Waals surface area contributed by atoms with Crippen LogP contribution in [0.4, 0.5) is 0 Å². The molecule has 2 unspecified atom stereocenters. The fourth-order valence-corrected chi connectivity index (χ4v) is 2.36. The van der Waals surface area contributed by atoms with Gasteiger partial charge in [-0.2, -0.15) is 5.06 Å². The Morgan fingerprint density at radius 1 is 1.38 bits per heavy atom. The van der Waals surface area contributed by atoms with Crippen molar-refractivity contribution in [1.29, 1.82) is 0 Å². The van der Waals surface area contributed by atoms with Crippen molar-refractivity contribution in [1.82, 2.24) is 25.0 Å².